The third kappa shape index (κ3) is 8.00. The summed E-state index contributed by atoms with van der Waals surface area (Å²) in [7, 11) is 0. The number of carbonyl (C=O) groups excluding carboxylic acids is 2. The van der Waals surface area contributed by atoms with Crippen LogP contribution in [0.25, 0.3) is 0 Å². The van der Waals surface area contributed by atoms with Crippen molar-refractivity contribution in [3.63, 3.8) is 0 Å². The summed E-state index contributed by atoms with van der Waals surface area (Å²) in [5.74, 6) is -0.909. The van der Waals surface area contributed by atoms with E-state index < -0.39 is 40.2 Å². The molecule has 1 unspecified atom stereocenters. The summed E-state index contributed by atoms with van der Waals surface area (Å²) >= 11 is 0. The Balaban J connectivity index is 2.50. The summed E-state index contributed by atoms with van der Waals surface area (Å²) in [6.07, 6.45) is 0.638. The largest absolute Gasteiger partial charge is 0.463 e. The summed E-state index contributed by atoms with van der Waals surface area (Å²) in [6.45, 7) is 18.9. The molecule has 0 radical (unpaired) electrons. The Labute approximate surface area is 187 Å². The molecule has 8 nitrogen and oxygen atoms in total. The molecular formula is C23H44N2O6. The van der Waals surface area contributed by atoms with Gasteiger partial charge in [0, 0.05) is 41.4 Å². The Bertz CT molecular complexity index is 620. The van der Waals surface area contributed by atoms with E-state index in [1.165, 1.54) is 10.1 Å². The molecule has 0 aromatic carbocycles. The summed E-state index contributed by atoms with van der Waals surface area (Å²) < 4.78 is 11.0. The van der Waals surface area contributed by atoms with E-state index in [1.807, 2.05) is 62.3 Å². The quantitative estimate of drug-likeness (QED) is 0.422. The lowest BCUT2D eigenvalue weighted by Crippen LogP contribution is -2.60. The van der Waals surface area contributed by atoms with Gasteiger partial charge in [0.1, 0.15) is 12.2 Å². The van der Waals surface area contributed by atoms with Crippen LogP contribution in [0.4, 0.5) is 0 Å². The maximum Gasteiger partial charge on any atom is 0.306 e. The molecule has 0 aliphatic carbocycles. The second-order valence-electron chi connectivity index (χ2n) is 11.8. The second-order valence-corrected chi connectivity index (χ2v) is 11.8. The first kappa shape index (κ1) is 27.8. The van der Waals surface area contributed by atoms with Gasteiger partial charge in [-0.25, -0.2) is 0 Å². The predicted molar refractivity (Wildman–Crippen MR) is 118 cm³/mol. The SMILES string of the molecule is CC(CC(C)(C)N(O)C(C)(C)C)OC(=O)CCC(=O)OC1CC(C)(C)N(O)C(C)(C)C1. The number of ether oxygens (including phenoxy) is 2. The maximum absolute atomic E-state index is 12.3. The van der Waals surface area contributed by atoms with E-state index in [2.05, 4.69) is 0 Å². The molecule has 1 atom stereocenters. The van der Waals surface area contributed by atoms with Crippen molar-refractivity contribution in [1.82, 2.24) is 10.1 Å². The molecule has 0 saturated carbocycles. The maximum atomic E-state index is 12.3. The molecule has 31 heavy (non-hydrogen) atoms. The van der Waals surface area contributed by atoms with Crippen molar-refractivity contribution in [3.05, 3.63) is 0 Å². The van der Waals surface area contributed by atoms with E-state index >= 15 is 0 Å². The van der Waals surface area contributed by atoms with Crippen LogP contribution in [0.3, 0.4) is 0 Å². The van der Waals surface area contributed by atoms with Crippen molar-refractivity contribution in [3.8, 4) is 0 Å². The summed E-state index contributed by atoms with van der Waals surface area (Å²) in [4.78, 5) is 24.5. The Morgan fingerprint density at radius 2 is 1.48 bits per heavy atom. The van der Waals surface area contributed by atoms with Gasteiger partial charge in [0.15, 0.2) is 0 Å². The minimum Gasteiger partial charge on any atom is -0.463 e. The van der Waals surface area contributed by atoms with Gasteiger partial charge in [0.05, 0.1) is 12.8 Å². The highest BCUT2D eigenvalue weighted by atomic mass is 16.6. The van der Waals surface area contributed by atoms with Crippen LogP contribution in [-0.2, 0) is 19.1 Å². The highest BCUT2D eigenvalue weighted by molar-refractivity contribution is 5.77. The van der Waals surface area contributed by atoms with Crippen LogP contribution in [0, 0.1) is 0 Å². The lowest BCUT2D eigenvalue weighted by molar-refractivity contribution is -0.259. The van der Waals surface area contributed by atoms with E-state index in [4.69, 9.17) is 9.47 Å². The number of hydrogen-bond acceptors (Lipinski definition) is 8. The zero-order valence-corrected chi connectivity index (χ0v) is 21.1. The zero-order valence-electron chi connectivity index (χ0n) is 21.1. The van der Waals surface area contributed by atoms with Gasteiger partial charge in [0.2, 0.25) is 0 Å². The van der Waals surface area contributed by atoms with Crippen molar-refractivity contribution < 1.29 is 29.5 Å². The molecule has 1 aliphatic heterocycles. The van der Waals surface area contributed by atoms with Crippen LogP contribution in [0.15, 0.2) is 0 Å². The smallest absolute Gasteiger partial charge is 0.306 e. The number of carbonyl (C=O) groups is 2. The lowest BCUT2D eigenvalue weighted by Gasteiger charge is -2.50. The van der Waals surface area contributed by atoms with E-state index in [0.717, 1.165) is 0 Å². The number of rotatable bonds is 8. The van der Waals surface area contributed by atoms with E-state index in [0.29, 0.717) is 19.3 Å². The highest BCUT2D eigenvalue weighted by Gasteiger charge is 2.46. The van der Waals surface area contributed by atoms with Crippen LogP contribution in [0.2, 0.25) is 0 Å². The molecule has 1 aliphatic rings. The van der Waals surface area contributed by atoms with Gasteiger partial charge in [-0.1, -0.05) is 0 Å². The van der Waals surface area contributed by atoms with Crippen LogP contribution < -0.4 is 0 Å². The monoisotopic (exact) mass is 444 g/mol. The molecule has 0 aromatic heterocycles. The molecule has 182 valence electrons. The zero-order chi connectivity index (χ0) is 24.4. The summed E-state index contributed by atoms with van der Waals surface area (Å²) in [5.41, 5.74) is -2.05. The first-order valence-corrected chi connectivity index (χ1v) is 11.2. The molecule has 0 spiro atoms. The van der Waals surface area contributed by atoms with Crippen molar-refractivity contribution in [2.24, 2.45) is 0 Å². The van der Waals surface area contributed by atoms with Crippen LogP contribution in [0.1, 0.15) is 101 Å². The molecule has 0 bridgehead atoms. The van der Waals surface area contributed by atoms with Gasteiger partial charge in [-0.3, -0.25) is 9.59 Å². The molecule has 1 saturated heterocycles. The number of hydrogen-bond donors (Lipinski definition) is 2. The molecule has 0 amide bonds. The van der Waals surface area contributed by atoms with Gasteiger partial charge in [0.25, 0.3) is 0 Å². The number of nitrogens with zero attached hydrogens (tertiary/aromatic N) is 2. The molecular weight excluding hydrogens is 400 g/mol. The van der Waals surface area contributed by atoms with Crippen molar-refractivity contribution in [1.29, 1.82) is 0 Å². The predicted octanol–water partition coefficient (Wildman–Crippen LogP) is 4.31. The van der Waals surface area contributed by atoms with Crippen molar-refractivity contribution >= 4 is 11.9 Å². The Morgan fingerprint density at radius 3 is 1.94 bits per heavy atom. The van der Waals surface area contributed by atoms with Gasteiger partial charge in [-0.15, -0.1) is 0 Å². The number of hydroxylamine groups is 4. The van der Waals surface area contributed by atoms with Gasteiger partial charge < -0.3 is 19.9 Å². The van der Waals surface area contributed by atoms with Crippen LogP contribution >= 0.6 is 0 Å². The Hall–Kier alpha value is -1.22. The second kappa shape index (κ2) is 9.73. The molecule has 0 aromatic rings. The minimum absolute atomic E-state index is 0.0523. The van der Waals surface area contributed by atoms with Gasteiger partial charge in [-0.2, -0.15) is 10.1 Å². The highest BCUT2D eigenvalue weighted by Crippen LogP contribution is 2.38. The fraction of sp³-hybridized carbons (Fsp3) is 0.913. The van der Waals surface area contributed by atoms with Gasteiger partial charge in [-0.05, 0) is 69.2 Å². The topological polar surface area (TPSA) is 99.5 Å². The third-order valence-electron chi connectivity index (χ3n) is 5.76. The molecule has 1 rings (SSSR count). The third-order valence-corrected chi connectivity index (χ3v) is 5.76. The van der Waals surface area contributed by atoms with Gasteiger partial charge >= 0.3 is 11.9 Å². The summed E-state index contributed by atoms with van der Waals surface area (Å²) in [6, 6.07) is 0. The number of esters is 2. The molecule has 1 heterocycles. The Kier molecular flexibility index (Phi) is 8.73. The first-order chi connectivity index (χ1) is 13.8. The molecule has 1 fully saturated rings. The molecule has 8 heteroatoms. The van der Waals surface area contributed by atoms with E-state index in [1.54, 1.807) is 6.92 Å². The number of piperidine rings is 1. The average molecular weight is 445 g/mol. The molecule has 2 N–H and O–H groups in total. The van der Waals surface area contributed by atoms with E-state index in [-0.39, 0.29) is 18.9 Å². The van der Waals surface area contributed by atoms with Crippen molar-refractivity contribution in [2.45, 2.75) is 136 Å². The standard InChI is InChI=1S/C23H44N2O6/c1-16(13-21(5,6)24(28)20(2,3)4)30-18(26)11-12-19(27)31-17-14-22(7,8)25(29)23(9,10)15-17/h16-17,28-29H,11-15H2,1-10H3. The fourth-order valence-corrected chi connectivity index (χ4v) is 4.73. The Morgan fingerprint density at radius 1 is 1.03 bits per heavy atom. The average Bonchev–Trinajstić information content (AvgIpc) is 2.55. The first-order valence-electron chi connectivity index (χ1n) is 11.2. The van der Waals surface area contributed by atoms with Crippen molar-refractivity contribution in [2.75, 3.05) is 0 Å². The fourth-order valence-electron chi connectivity index (χ4n) is 4.73. The van der Waals surface area contributed by atoms with Crippen LogP contribution in [-0.4, -0.2) is 66.8 Å². The normalized spacial score (nSPS) is 21.1. The lowest BCUT2D eigenvalue weighted by atomic mass is 9.80. The van der Waals surface area contributed by atoms with E-state index in [9.17, 15) is 20.0 Å². The van der Waals surface area contributed by atoms with Crippen LogP contribution in [0.5, 0.6) is 0 Å². The summed E-state index contributed by atoms with van der Waals surface area (Å²) in [5, 5.41) is 23.4. The minimum atomic E-state index is -0.585.